The van der Waals surface area contributed by atoms with E-state index in [0.717, 1.165) is 51.3 Å². The number of nitrogens with two attached hydrogens (primary N) is 1. The van der Waals surface area contributed by atoms with Crippen LogP contribution in [0.4, 0.5) is 4.39 Å². The van der Waals surface area contributed by atoms with Crippen LogP contribution in [0.5, 0.6) is 0 Å². The van der Waals surface area contributed by atoms with E-state index in [1.807, 2.05) is 66.5 Å². The van der Waals surface area contributed by atoms with Crippen LogP contribution >= 0.6 is 0 Å². The summed E-state index contributed by atoms with van der Waals surface area (Å²) in [5.41, 5.74) is 10.7. The number of aromatic nitrogens is 1. The number of nitrogens with one attached hydrogen (secondary N) is 1. The van der Waals surface area contributed by atoms with E-state index < -0.39 is 11.7 Å². The fraction of sp³-hybridized carbons (Fsp3) is 0.139. The summed E-state index contributed by atoms with van der Waals surface area (Å²) in [5, 5.41) is 3.26. The molecule has 0 atom stereocenters. The van der Waals surface area contributed by atoms with Crippen molar-refractivity contribution < 1.29 is 18.8 Å². The van der Waals surface area contributed by atoms with Gasteiger partial charge in [0.1, 0.15) is 5.82 Å². The molecular formula is C36H29FN4O3. The van der Waals surface area contributed by atoms with Gasteiger partial charge in [-0.25, -0.2) is 4.39 Å². The number of hydrogen-bond donors (Lipinski definition) is 2. The molecule has 7 rings (SSSR count). The molecule has 2 amide bonds. The van der Waals surface area contributed by atoms with E-state index in [1.165, 1.54) is 24.3 Å². The van der Waals surface area contributed by atoms with Crippen LogP contribution in [0.3, 0.4) is 0 Å². The number of carbonyl (C=O) groups is 3. The molecule has 8 heteroatoms. The number of benzene rings is 5. The molecule has 1 aliphatic rings. The number of primary amides is 1. The number of nitrogens with zero attached hydrogens (tertiary/aromatic N) is 2. The molecule has 0 saturated carbocycles. The van der Waals surface area contributed by atoms with Gasteiger partial charge in [0.25, 0.3) is 11.8 Å². The normalized spacial score (nSPS) is 14.0. The Labute approximate surface area is 252 Å². The fourth-order valence-corrected chi connectivity index (χ4v) is 6.27. The summed E-state index contributed by atoms with van der Waals surface area (Å²) >= 11 is 0. The lowest BCUT2D eigenvalue weighted by atomic mass is 9.90. The Kier molecular flexibility index (Phi) is 6.71. The van der Waals surface area contributed by atoms with Crippen LogP contribution < -0.4 is 5.73 Å². The highest BCUT2D eigenvalue weighted by atomic mass is 19.1. The van der Waals surface area contributed by atoms with Crippen LogP contribution in [0.2, 0.25) is 0 Å². The molecule has 0 spiro atoms. The molecule has 1 saturated heterocycles. The quantitative estimate of drug-likeness (QED) is 0.243. The third kappa shape index (κ3) is 4.60. The lowest BCUT2D eigenvalue weighted by molar-refractivity contribution is 0.0664. The van der Waals surface area contributed by atoms with Gasteiger partial charge in [-0.2, -0.15) is 0 Å². The maximum absolute atomic E-state index is 13.5. The Bertz CT molecular complexity index is 2130. The summed E-state index contributed by atoms with van der Waals surface area (Å²) in [6, 6.07) is 26.1. The van der Waals surface area contributed by atoms with Crippen molar-refractivity contribution in [3.63, 3.8) is 0 Å². The van der Waals surface area contributed by atoms with Gasteiger partial charge in [-0.1, -0.05) is 48.5 Å². The molecule has 0 radical (unpaired) electrons. The van der Waals surface area contributed by atoms with Gasteiger partial charge in [-0.15, -0.1) is 0 Å². The third-order valence-electron chi connectivity index (χ3n) is 8.62. The average Bonchev–Trinajstić information content (AvgIpc) is 3.42. The van der Waals surface area contributed by atoms with Gasteiger partial charge in [-0.05, 0) is 71.4 Å². The second-order valence-corrected chi connectivity index (χ2v) is 11.3. The number of rotatable bonds is 5. The van der Waals surface area contributed by atoms with E-state index in [-0.39, 0.29) is 11.7 Å². The molecule has 0 unspecified atom stereocenters. The maximum atomic E-state index is 13.5. The Morgan fingerprint density at radius 1 is 0.727 bits per heavy atom. The number of amides is 2. The standard InChI is InChI=1S/C36H29FN4O3/c1-40-16-18-41(19-17-40)36(44)22-10-13-29-31(20-22)39-33-30(35(38)43)15-14-27(32(29)33)25-5-2-6-26-24(25)4-3-7-28(26)34(42)21-8-11-23(37)12-9-21/h2-15,20,39H,16-19H2,1H3,(H2,38,43). The fourth-order valence-electron chi connectivity index (χ4n) is 6.27. The molecule has 218 valence electrons. The Hall–Kier alpha value is -5.34. The van der Waals surface area contributed by atoms with Crippen molar-refractivity contribution in [3.8, 4) is 11.1 Å². The molecule has 1 aliphatic heterocycles. The van der Waals surface area contributed by atoms with Gasteiger partial charge in [0, 0.05) is 59.2 Å². The van der Waals surface area contributed by atoms with Crippen molar-refractivity contribution in [2.75, 3.05) is 33.2 Å². The smallest absolute Gasteiger partial charge is 0.254 e. The predicted molar refractivity (Wildman–Crippen MR) is 170 cm³/mol. The first-order valence-corrected chi connectivity index (χ1v) is 14.5. The van der Waals surface area contributed by atoms with Gasteiger partial charge in [0.2, 0.25) is 0 Å². The molecule has 0 bridgehead atoms. The van der Waals surface area contributed by atoms with Crippen molar-refractivity contribution in [1.29, 1.82) is 0 Å². The summed E-state index contributed by atoms with van der Waals surface area (Å²) in [6.45, 7) is 2.99. The number of hydrogen-bond acceptors (Lipinski definition) is 4. The van der Waals surface area contributed by atoms with Crippen molar-refractivity contribution in [1.82, 2.24) is 14.8 Å². The van der Waals surface area contributed by atoms with E-state index in [4.69, 9.17) is 5.73 Å². The van der Waals surface area contributed by atoms with E-state index in [9.17, 15) is 18.8 Å². The number of H-pyrrole nitrogens is 1. The average molecular weight is 585 g/mol. The van der Waals surface area contributed by atoms with Crippen molar-refractivity contribution >= 4 is 50.2 Å². The molecule has 7 nitrogen and oxygen atoms in total. The maximum Gasteiger partial charge on any atom is 0.254 e. The summed E-state index contributed by atoms with van der Waals surface area (Å²) in [4.78, 5) is 46.8. The van der Waals surface area contributed by atoms with Crippen LogP contribution in [0, 0.1) is 5.82 Å². The molecule has 5 aromatic carbocycles. The van der Waals surface area contributed by atoms with Crippen molar-refractivity contribution in [2.24, 2.45) is 5.73 Å². The molecule has 44 heavy (non-hydrogen) atoms. The highest BCUT2D eigenvalue weighted by Crippen LogP contribution is 2.40. The highest BCUT2D eigenvalue weighted by Gasteiger charge is 2.23. The third-order valence-corrected chi connectivity index (χ3v) is 8.62. The minimum absolute atomic E-state index is 0.0265. The van der Waals surface area contributed by atoms with Crippen LogP contribution in [0.25, 0.3) is 43.7 Å². The number of aromatic amines is 1. The Balaban J connectivity index is 1.39. The summed E-state index contributed by atoms with van der Waals surface area (Å²) < 4.78 is 13.5. The minimum Gasteiger partial charge on any atom is -0.366 e. The van der Waals surface area contributed by atoms with Crippen LogP contribution in [0.15, 0.2) is 91.0 Å². The zero-order valence-electron chi connectivity index (χ0n) is 24.1. The molecule has 1 aromatic heterocycles. The van der Waals surface area contributed by atoms with Crippen molar-refractivity contribution in [3.05, 3.63) is 119 Å². The lowest BCUT2D eigenvalue weighted by Crippen LogP contribution is -2.47. The number of piperazine rings is 1. The van der Waals surface area contributed by atoms with E-state index in [1.54, 1.807) is 12.1 Å². The van der Waals surface area contributed by atoms with Gasteiger partial charge in [0.05, 0.1) is 11.1 Å². The Morgan fingerprint density at radius 3 is 2.18 bits per heavy atom. The summed E-state index contributed by atoms with van der Waals surface area (Å²) in [5.74, 6) is -1.19. The topological polar surface area (TPSA) is 99.5 Å². The van der Waals surface area contributed by atoms with Gasteiger partial charge in [0.15, 0.2) is 5.78 Å². The van der Waals surface area contributed by atoms with E-state index in [0.29, 0.717) is 40.9 Å². The number of halogens is 1. The first-order valence-electron chi connectivity index (χ1n) is 14.5. The van der Waals surface area contributed by atoms with Gasteiger partial charge < -0.3 is 20.5 Å². The van der Waals surface area contributed by atoms with Crippen LogP contribution in [-0.4, -0.2) is 65.6 Å². The summed E-state index contributed by atoms with van der Waals surface area (Å²) in [7, 11) is 2.05. The molecule has 0 aliphatic carbocycles. The first kappa shape index (κ1) is 27.5. The molecule has 6 aromatic rings. The summed E-state index contributed by atoms with van der Waals surface area (Å²) in [6.07, 6.45) is 0. The van der Waals surface area contributed by atoms with Crippen LogP contribution in [-0.2, 0) is 0 Å². The van der Waals surface area contributed by atoms with Crippen molar-refractivity contribution in [2.45, 2.75) is 0 Å². The minimum atomic E-state index is -0.563. The Morgan fingerprint density at radius 2 is 1.43 bits per heavy atom. The zero-order valence-corrected chi connectivity index (χ0v) is 24.1. The van der Waals surface area contributed by atoms with Gasteiger partial charge >= 0.3 is 0 Å². The first-order chi connectivity index (χ1) is 21.3. The molecule has 1 fully saturated rings. The SMILES string of the molecule is CN1CCN(C(=O)c2ccc3c(c2)[nH]c2c(C(N)=O)ccc(-c4cccc5c(C(=O)c6ccc(F)cc6)cccc45)c23)CC1. The van der Waals surface area contributed by atoms with E-state index in [2.05, 4.69) is 9.88 Å². The van der Waals surface area contributed by atoms with Crippen LogP contribution in [0.1, 0.15) is 36.6 Å². The highest BCUT2D eigenvalue weighted by molar-refractivity contribution is 6.23. The molecule has 2 heterocycles. The monoisotopic (exact) mass is 584 g/mol. The predicted octanol–water partition coefficient (Wildman–Crippen LogP) is 6.00. The number of carbonyl (C=O) groups excluding carboxylic acids is 3. The molecule has 3 N–H and O–H groups in total. The number of ketones is 1. The largest absolute Gasteiger partial charge is 0.366 e. The number of fused-ring (bicyclic) bond motifs is 4. The second-order valence-electron chi connectivity index (χ2n) is 11.3. The van der Waals surface area contributed by atoms with E-state index >= 15 is 0 Å². The lowest BCUT2D eigenvalue weighted by Gasteiger charge is -2.32. The second kappa shape index (κ2) is 10.7. The zero-order chi connectivity index (χ0) is 30.5. The van der Waals surface area contributed by atoms with Gasteiger partial charge in [-0.3, -0.25) is 14.4 Å². The molecular weight excluding hydrogens is 555 g/mol. The number of likely N-dealkylation sites (N-methyl/N-ethyl adjacent to an activating group) is 1.